The first kappa shape index (κ1) is 18.9. The van der Waals surface area contributed by atoms with E-state index in [0.717, 1.165) is 29.9 Å². The predicted molar refractivity (Wildman–Crippen MR) is 104 cm³/mol. The largest absolute Gasteiger partial charge is 0.494 e. The maximum absolute atomic E-state index is 13.0. The van der Waals surface area contributed by atoms with Crippen molar-refractivity contribution in [3.05, 3.63) is 35.2 Å². The third-order valence-electron chi connectivity index (χ3n) is 4.38. The summed E-state index contributed by atoms with van der Waals surface area (Å²) in [7, 11) is 0. The van der Waals surface area contributed by atoms with E-state index in [4.69, 9.17) is 21.1 Å². The van der Waals surface area contributed by atoms with Crippen molar-refractivity contribution in [3.63, 3.8) is 0 Å². The molecule has 26 heavy (non-hydrogen) atoms. The summed E-state index contributed by atoms with van der Waals surface area (Å²) in [6.07, 6.45) is 1.39. The zero-order valence-electron chi connectivity index (χ0n) is 15.0. The molecule has 0 unspecified atom stereocenters. The van der Waals surface area contributed by atoms with Crippen molar-refractivity contribution in [1.29, 1.82) is 0 Å². The molecule has 140 valence electrons. The Bertz CT molecular complexity index is 804. The number of hydrogen-bond donors (Lipinski definition) is 1. The summed E-state index contributed by atoms with van der Waals surface area (Å²) >= 11 is 7.71. The quantitative estimate of drug-likeness (QED) is 0.778. The lowest BCUT2D eigenvalue weighted by molar-refractivity contribution is -0.894. The number of ether oxygens (including phenoxy) is 2. The number of hydrogen-bond acceptors (Lipinski definition) is 5. The maximum atomic E-state index is 13.0. The molecule has 0 spiro atoms. The Morgan fingerprint density at radius 2 is 2.15 bits per heavy atom. The van der Waals surface area contributed by atoms with Gasteiger partial charge in [-0.15, -0.1) is 0 Å². The molecule has 1 aliphatic rings. The van der Waals surface area contributed by atoms with Gasteiger partial charge in [0.2, 0.25) is 5.76 Å². The lowest BCUT2D eigenvalue weighted by Crippen LogP contribution is -3.12. The summed E-state index contributed by atoms with van der Waals surface area (Å²) in [5, 5.41) is 1.21. The van der Waals surface area contributed by atoms with Gasteiger partial charge in [0.15, 0.2) is 5.13 Å². The van der Waals surface area contributed by atoms with Crippen molar-refractivity contribution >= 4 is 44.2 Å². The molecule has 6 nitrogen and oxygen atoms in total. The Hall–Kier alpha value is -1.83. The van der Waals surface area contributed by atoms with Gasteiger partial charge in [0.25, 0.3) is 5.91 Å². The highest BCUT2D eigenvalue weighted by molar-refractivity contribution is 7.22. The minimum Gasteiger partial charge on any atom is -0.494 e. The zero-order valence-corrected chi connectivity index (χ0v) is 16.5. The number of nitrogens with one attached hydrogen (secondary N) is 1. The molecule has 2 heterocycles. The second kappa shape index (κ2) is 8.70. The van der Waals surface area contributed by atoms with Crippen molar-refractivity contribution in [3.8, 4) is 0 Å². The van der Waals surface area contributed by atoms with Crippen molar-refractivity contribution in [2.24, 2.45) is 0 Å². The molecule has 1 aliphatic heterocycles. The molecule has 0 atom stereocenters. The molecule has 1 aromatic carbocycles. The van der Waals surface area contributed by atoms with Gasteiger partial charge in [-0.25, -0.2) is 4.98 Å². The van der Waals surface area contributed by atoms with Gasteiger partial charge in [-0.2, -0.15) is 0 Å². The molecule has 8 heteroatoms. The third-order valence-corrected chi connectivity index (χ3v) is 5.73. The third kappa shape index (κ3) is 4.11. The second-order valence-corrected chi connectivity index (χ2v) is 7.36. The van der Waals surface area contributed by atoms with Crippen molar-refractivity contribution in [1.82, 2.24) is 4.98 Å². The van der Waals surface area contributed by atoms with Crippen molar-refractivity contribution in [2.75, 3.05) is 44.3 Å². The van der Waals surface area contributed by atoms with Crippen LogP contribution in [0.25, 0.3) is 10.2 Å². The molecule has 2 aromatic rings. The summed E-state index contributed by atoms with van der Waals surface area (Å²) in [6.45, 7) is 8.51. The number of carbonyl (C=O) groups is 1. The maximum Gasteiger partial charge on any atom is 0.298 e. The van der Waals surface area contributed by atoms with Crippen LogP contribution < -0.4 is 9.80 Å². The first-order chi connectivity index (χ1) is 12.6. The molecule has 1 amide bonds. The van der Waals surface area contributed by atoms with Gasteiger partial charge >= 0.3 is 0 Å². The van der Waals surface area contributed by atoms with Crippen molar-refractivity contribution < 1.29 is 19.2 Å². The number of carbonyl (C=O) groups excluding carboxylic acids is 1. The number of halogens is 1. The van der Waals surface area contributed by atoms with E-state index in [0.29, 0.717) is 29.9 Å². The minimum atomic E-state index is -0.230. The van der Waals surface area contributed by atoms with E-state index in [-0.39, 0.29) is 11.7 Å². The summed E-state index contributed by atoms with van der Waals surface area (Å²) in [5.74, 6) is -0.0115. The van der Waals surface area contributed by atoms with Crippen LogP contribution in [0.4, 0.5) is 5.13 Å². The molecular weight excluding hydrogens is 374 g/mol. The van der Waals surface area contributed by atoms with E-state index in [1.54, 1.807) is 11.0 Å². The fourth-order valence-corrected chi connectivity index (χ4v) is 4.08. The number of amides is 1. The van der Waals surface area contributed by atoms with Crippen LogP contribution in [0.3, 0.4) is 0 Å². The normalized spacial score (nSPS) is 14.1. The average molecular weight is 397 g/mol. The zero-order chi connectivity index (χ0) is 18.5. The Kier molecular flexibility index (Phi) is 6.34. The molecule has 0 radical (unpaired) electrons. The number of thiazole rings is 1. The number of rotatable bonds is 7. The van der Waals surface area contributed by atoms with Gasteiger partial charge in [0.05, 0.1) is 35.9 Å². The Morgan fingerprint density at radius 1 is 1.35 bits per heavy atom. The number of likely N-dealkylation sites (N-methyl/N-ethyl adjacent to an activating group) is 1. The van der Waals surface area contributed by atoms with E-state index in [2.05, 4.69) is 18.8 Å². The van der Waals surface area contributed by atoms with Gasteiger partial charge in [-0.1, -0.05) is 29.0 Å². The standard InChI is InChI=1S/C18H22ClN3O3S/c1-3-21(4-2)8-9-22(17(23)14-12-24-10-11-25-14)18-20-16-13(19)6-5-7-15(16)26-18/h5-7,12H,3-4,8-11H2,1-2H3/p+1. The van der Waals surface area contributed by atoms with Crippen LogP contribution >= 0.6 is 22.9 Å². The number of quaternary nitrogens is 1. The van der Waals surface area contributed by atoms with Crippen LogP contribution in [0.1, 0.15) is 13.8 Å². The van der Waals surface area contributed by atoms with Crippen LogP contribution in [-0.4, -0.2) is 50.3 Å². The van der Waals surface area contributed by atoms with Crippen LogP contribution in [-0.2, 0) is 14.3 Å². The number of nitrogens with zero attached hydrogens (tertiary/aromatic N) is 2. The molecule has 3 rings (SSSR count). The number of benzene rings is 1. The minimum absolute atomic E-state index is 0.219. The summed E-state index contributed by atoms with van der Waals surface area (Å²) in [4.78, 5) is 20.7. The van der Waals surface area contributed by atoms with E-state index < -0.39 is 0 Å². The van der Waals surface area contributed by atoms with Crippen LogP contribution in [0, 0.1) is 0 Å². The summed E-state index contributed by atoms with van der Waals surface area (Å²) < 4.78 is 11.7. The SMILES string of the molecule is CC[NH+](CC)CCN(C(=O)C1=COCCO1)c1nc2c(Cl)cccc2s1. The number of anilines is 1. The van der Waals surface area contributed by atoms with E-state index >= 15 is 0 Å². The molecule has 1 aromatic heterocycles. The Labute approximate surface area is 162 Å². The molecule has 0 aliphatic carbocycles. The molecule has 0 saturated heterocycles. The van der Waals surface area contributed by atoms with Gasteiger partial charge in [-0.05, 0) is 26.0 Å². The molecular formula is C18H23ClN3O3S+. The lowest BCUT2D eigenvalue weighted by Gasteiger charge is -2.24. The van der Waals surface area contributed by atoms with Crippen LogP contribution in [0.5, 0.6) is 0 Å². The molecule has 1 N–H and O–H groups in total. The van der Waals surface area contributed by atoms with E-state index in [9.17, 15) is 4.79 Å². The van der Waals surface area contributed by atoms with Crippen molar-refractivity contribution in [2.45, 2.75) is 13.8 Å². The second-order valence-electron chi connectivity index (χ2n) is 5.95. The predicted octanol–water partition coefficient (Wildman–Crippen LogP) is 2.10. The monoisotopic (exact) mass is 396 g/mol. The van der Waals surface area contributed by atoms with Gasteiger partial charge in [-0.3, -0.25) is 9.69 Å². The first-order valence-electron chi connectivity index (χ1n) is 8.79. The highest BCUT2D eigenvalue weighted by atomic mass is 35.5. The van der Waals surface area contributed by atoms with Gasteiger partial charge in [0.1, 0.15) is 25.0 Å². The van der Waals surface area contributed by atoms with Gasteiger partial charge in [0, 0.05) is 0 Å². The van der Waals surface area contributed by atoms with Gasteiger partial charge < -0.3 is 14.4 Å². The Balaban J connectivity index is 1.91. The Morgan fingerprint density at radius 3 is 2.81 bits per heavy atom. The summed E-state index contributed by atoms with van der Waals surface area (Å²) in [6, 6.07) is 5.65. The van der Waals surface area contributed by atoms with E-state index in [1.807, 2.05) is 12.1 Å². The van der Waals surface area contributed by atoms with Crippen LogP contribution in [0.2, 0.25) is 5.02 Å². The average Bonchev–Trinajstić information content (AvgIpc) is 3.11. The number of para-hydroxylation sites is 1. The number of aromatic nitrogens is 1. The van der Waals surface area contributed by atoms with Crippen LogP contribution in [0.15, 0.2) is 30.2 Å². The fourth-order valence-electron chi connectivity index (χ4n) is 2.79. The lowest BCUT2D eigenvalue weighted by atomic mass is 10.3. The van der Waals surface area contributed by atoms with E-state index in [1.165, 1.54) is 22.5 Å². The topological polar surface area (TPSA) is 56.1 Å². The first-order valence-corrected chi connectivity index (χ1v) is 9.98. The number of fused-ring (bicyclic) bond motifs is 1. The summed E-state index contributed by atoms with van der Waals surface area (Å²) in [5.41, 5.74) is 0.719. The smallest absolute Gasteiger partial charge is 0.298 e. The highest BCUT2D eigenvalue weighted by Crippen LogP contribution is 2.33. The molecule has 0 fully saturated rings. The highest BCUT2D eigenvalue weighted by Gasteiger charge is 2.27. The molecule has 0 saturated carbocycles. The fraction of sp³-hybridized carbons (Fsp3) is 0.444. The molecule has 0 bridgehead atoms.